The molecule has 0 atom stereocenters. The van der Waals surface area contributed by atoms with Gasteiger partial charge in [0.25, 0.3) is 0 Å². The first-order chi connectivity index (χ1) is 14.1. The smallest absolute Gasteiger partial charge is 0.324 e. The lowest BCUT2D eigenvalue weighted by molar-refractivity contribution is -0.140. The van der Waals surface area contributed by atoms with Gasteiger partial charge in [0, 0.05) is 12.4 Å². The normalized spacial score (nSPS) is 12.3. The molecule has 4 aromatic rings. The van der Waals surface area contributed by atoms with Crippen molar-refractivity contribution in [3.63, 3.8) is 0 Å². The van der Waals surface area contributed by atoms with E-state index in [2.05, 4.69) is 25.3 Å². The second-order valence-corrected chi connectivity index (χ2v) is 6.08. The van der Waals surface area contributed by atoms with Crippen molar-refractivity contribution in [2.45, 2.75) is 12.4 Å². The average molecular weight is 424 g/mol. The van der Waals surface area contributed by atoms with Crippen molar-refractivity contribution in [2.24, 2.45) is 0 Å². The van der Waals surface area contributed by atoms with Gasteiger partial charge in [0.05, 0.1) is 18.0 Å². The molecule has 154 valence electrons. The molecule has 12 heteroatoms. The fourth-order valence-corrected chi connectivity index (χ4v) is 2.75. The lowest BCUT2D eigenvalue weighted by Crippen LogP contribution is -2.09. The van der Waals surface area contributed by atoms with Crippen molar-refractivity contribution in [2.75, 3.05) is 5.32 Å². The van der Waals surface area contributed by atoms with E-state index < -0.39 is 23.6 Å². The Bertz CT molecular complexity index is 1200. The van der Waals surface area contributed by atoms with Crippen LogP contribution < -0.4 is 5.32 Å². The van der Waals surface area contributed by atoms with Gasteiger partial charge in [0.15, 0.2) is 11.5 Å². The molecule has 4 rings (SSSR count). The van der Waals surface area contributed by atoms with Crippen molar-refractivity contribution in [3.8, 4) is 11.4 Å². The van der Waals surface area contributed by atoms with Gasteiger partial charge in [-0.3, -0.25) is 9.38 Å². The maximum atomic E-state index is 13.5. The maximum Gasteiger partial charge on any atom is 0.435 e. The summed E-state index contributed by atoms with van der Waals surface area (Å²) >= 11 is 0. The van der Waals surface area contributed by atoms with Crippen molar-refractivity contribution in [3.05, 3.63) is 66.4 Å². The zero-order valence-corrected chi connectivity index (χ0v) is 14.7. The van der Waals surface area contributed by atoms with Crippen LogP contribution in [-0.2, 0) is 12.4 Å². The standard InChI is InChI=1S/C18H10F6N6/c19-17(20,21)10-4-5-12(26-7-10)28-13-9-25-8-11(27-13)15-16(18(22,23)24)29-14-3-1-2-6-30(14)15/h1-9H,(H,26,27,28). The van der Waals surface area contributed by atoms with Crippen LogP contribution in [0.4, 0.5) is 38.0 Å². The third-order valence-electron chi connectivity index (χ3n) is 4.02. The van der Waals surface area contributed by atoms with Gasteiger partial charge in [-0.1, -0.05) is 6.07 Å². The van der Waals surface area contributed by atoms with Crippen molar-refractivity contribution in [1.29, 1.82) is 0 Å². The molecule has 0 spiro atoms. The van der Waals surface area contributed by atoms with Crippen LogP contribution >= 0.6 is 0 Å². The van der Waals surface area contributed by atoms with E-state index >= 15 is 0 Å². The Balaban J connectivity index is 1.73. The largest absolute Gasteiger partial charge is 0.435 e. The molecule has 0 aromatic carbocycles. The van der Waals surface area contributed by atoms with Crippen LogP contribution in [0.5, 0.6) is 0 Å². The Labute approximate surface area is 164 Å². The fourth-order valence-electron chi connectivity index (χ4n) is 2.75. The molecule has 0 radical (unpaired) electrons. The highest BCUT2D eigenvalue weighted by Crippen LogP contribution is 2.36. The van der Waals surface area contributed by atoms with E-state index in [0.717, 1.165) is 18.3 Å². The zero-order valence-electron chi connectivity index (χ0n) is 14.7. The molecule has 0 unspecified atom stereocenters. The zero-order chi connectivity index (χ0) is 21.5. The summed E-state index contributed by atoms with van der Waals surface area (Å²) in [6, 6.07) is 6.40. The number of rotatable bonds is 3. The number of hydrogen-bond acceptors (Lipinski definition) is 5. The summed E-state index contributed by atoms with van der Waals surface area (Å²) in [6.07, 6.45) is -4.89. The van der Waals surface area contributed by atoms with E-state index in [1.807, 2.05) is 0 Å². The predicted octanol–water partition coefficient (Wildman–Crippen LogP) is 4.97. The number of imidazole rings is 1. The summed E-state index contributed by atoms with van der Waals surface area (Å²) in [6.45, 7) is 0. The third kappa shape index (κ3) is 3.75. The van der Waals surface area contributed by atoms with E-state index in [-0.39, 0.29) is 28.7 Å². The maximum absolute atomic E-state index is 13.5. The van der Waals surface area contributed by atoms with Crippen LogP contribution in [0, 0.1) is 0 Å². The molecular weight excluding hydrogens is 414 g/mol. The van der Waals surface area contributed by atoms with Gasteiger partial charge in [-0.05, 0) is 24.3 Å². The first-order valence-corrected chi connectivity index (χ1v) is 8.30. The molecule has 6 nitrogen and oxygen atoms in total. The topological polar surface area (TPSA) is 68.0 Å². The number of halogens is 6. The molecule has 30 heavy (non-hydrogen) atoms. The van der Waals surface area contributed by atoms with Crippen LogP contribution in [0.15, 0.2) is 55.1 Å². The summed E-state index contributed by atoms with van der Waals surface area (Å²) in [4.78, 5) is 15.3. The lowest BCUT2D eigenvalue weighted by Gasteiger charge is -2.10. The van der Waals surface area contributed by atoms with Gasteiger partial charge in [-0.2, -0.15) is 26.3 Å². The number of hydrogen-bond donors (Lipinski definition) is 1. The van der Waals surface area contributed by atoms with Gasteiger partial charge in [0.1, 0.15) is 22.9 Å². The van der Waals surface area contributed by atoms with Gasteiger partial charge in [0.2, 0.25) is 0 Å². The summed E-state index contributed by atoms with van der Waals surface area (Å²) in [5.74, 6) is 0.0161. The second-order valence-electron chi connectivity index (χ2n) is 6.08. The summed E-state index contributed by atoms with van der Waals surface area (Å²) in [5.41, 5.74) is -2.43. The Kier molecular flexibility index (Phi) is 4.56. The molecule has 1 N–H and O–H groups in total. The summed E-state index contributed by atoms with van der Waals surface area (Å²) in [7, 11) is 0. The minimum Gasteiger partial charge on any atom is -0.324 e. The number of aromatic nitrogens is 5. The fraction of sp³-hybridized carbons (Fsp3) is 0.111. The Morgan fingerprint density at radius 2 is 1.60 bits per heavy atom. The monoisotopic (exact) mass is 424 g/mol. The highest BCUT2D eigenvalue weighted by atomic mass is 19.4. The van der Waals surface area contributed by atoms with E-state index in [1.165, 1.54) is 22.9 Å². The molecule has 4 aromatic heterocycles. The Hall–Kier alpha value is -3.70. The number of fused-ring (bicyclic) bond motifs is 1. The first-order valence-electron chi connectivity index (χ1n) is 8.30. The molecule has 0 saturated heterocycles. The van der Waals surface area contributed by atoms with Crippen LogP contribution in [0.1, 0.15) is 11.3 Å². The van der Waals surface area contributed by atoms with Gasteiger partial charge in [-0.25, -0.2) is 15.0 Å². The second kappa shape index (κ2) is 6.97. The highest BCUT2D eigenvalue weighted by Gasteiger charge is 2.38. The quantitative estimate of drug-likeness (QED) is 0.471. The third-order valence-corrected chi connectivity index (χ3v) is 4.02. The minimum atomic E-state index is -4.73. The van der Waals surface area contributed by atoms with Gasteiger partial charge < -0.3 is 5.32 Å². The van der Waals surface area contributed by atoms with Crippen LogP contribution in [0.25, 0.3) is 17.0 Å². The highest BCUT2D eigenvalue weighted by molar-refractivity contribution is 5.66. The number of nitrogens with one attached hydrogen (secondary N) is 1. The molecule has 0 saturated carbocycles. The minimum absolute atomic E-state index is 0.00114. The molecule has 0 aliphatic carbocycles. The van der Waals surface area contributed by atoms with E-state index in [0.29, 0.717) is 6.20 Å². The van der Waals surface area contributed by atoms with Crippen LogP contribution in [0.2, 0.25) is 0 Å². The van der Waals surface area contributed by atoms with Gasteiger partial charge >= 0.3 is 12.4 Å². The molecule has 0 fully saturated rings. The first kappa shape index (κ1) is 19.6. The summed E-state index contributed by atoms with van der Waals surface area (Å²) < 4.78 is 79.7. The molecule has 0 amide bonds. The molecule has 0 aliphatic rings. The molecule has 0 bridgehead atoms. The van der Waals surface area contributed by atoms with E-state index in [1.54, 1.807) is 12.1 Å². The van der Waals surface area contributed by atoms with Crippen molar-refractivity contribution in [1.82, 2.24) is 24.3 Å². The Morgan fingerprint density at radius 1 is 0.800 bits per heavy atom. The predicted molar refractivity (Wildman–Crippen MR) is 93.7 cm³/mol. The van der Waals surface area contributed by atoms with E-state index in [4.69, 9.17) is 0 Å². The summed E-state index contributed by atoms with van der Waals surface area (Å²) in [5, 5.41) is 2.63. The molecule has 0 aliphatic heterocycles. The van der Waals surface area contributed by atoms with Crippen molar-refractivity contribution < 1.29 is 26.3 Å². The van der Waals surface area contributed by atoms with E-state index in [9.17, 15) is 26.3 Å². The van der Waals surface area contributed by atoms with Crippen molar-refractivity contribution >= 4 is 17.3 Å². The van der Waals surface area contributed by atoms with Crippen LogP contribution in [0.3, 0.4) is 0 Å². The average Bonchev–Trinajstić information content (AvgIpc) is 3.08. The lowest BCUT2D eigenvalue weighted by atomic mass is 10.2. The number of pyridine rings is 2. The number of anilines is 2. The SMILES string of the molecule is FC(F)(F)c1ccc(Nc2cncc(-c3c(C(F)(F)F)nc4ccccn34)n2)nc1. The Morgan fingerprint density at radius 3 is 2.27 bits per heavy atom. The van der Waals surface area contributed by atoms with Gasteiger partial charge in [-0.15, -0.1) is 0 Å². The molecular formula is C18H10F6N6. The molecule has 4 heterocycles. The number of alkyl halides is 6. The van der Waals surface area contributed by atoms with Crippen LogP contribution in [-0.4, -0.2) is 24.3 Å². The number of nitrogens with zero attached hydrogens (tertiary/aromatic N) is 5.